The summed E-state index contributed by atoms with van der Waals surface area (Å²) in [6.07, 6.45) is 1.89. The molecule has 0 fully saturated rings. The molecule has 3 aromatic rings. The van der Waals surface area contributed by atoms with Gasteiger partial charge in [0.2, 0.25) is 11.8 Å². The van der Waals surface area contributed by atoms with Crippen molar-refractivity contribution in [2.45, 2.75) is 13.0 Å². The first-order chi connectivity index (χ1) is 11.8. The van der Waals surface area contributed by atoms with Gasteiger partial charge in [-0.1, -0.05) is 24.3 Å². The largest absolute Gasteiger partial charge is 0.493 e. The van der Waals surface area contributed by atoms with Crippen LogP contribution in [0.3, 0.4) is 0 Å². The molecule has 0 aliphatic carbocycles. The van der Waals surface area contributed by atoms with E-state index < -0.39 is 0 Å². The number of ether oxygens (including phenoxy) is 1. The van der Waals surface area contributed by atoms with E-state index in [1.54, 1.807) is 18.3 Å². The fourth-order valence-corrected chi connectivity index (χ4v) is 1.96. The number of para-hydroxylation sites is 1. The lowest BCUT2D eigenvalue weighted by Gasteiger charge is -2.05. The summed E-state index contributed by atoms with van der Waals surface area (Å²) in [6, 6.07) is 14.8. The summed E-state index contributed by atoms with van der Waals surface area (Å²) in [4.78, 5) is 15.9. The van der Waals surface area contributed by atoms with Gasteiger partial charge in [0.1, 0.15) is 11.4 Å². The normalized spacial score (nSPS) is 10.3. The fourth-order valence-electron chi connectivity index (χ4n) is 1.96. The second-order valence-electron chi connectivity index (χ2n) is 4.90. The molecule has 1 amide bonds. The minimum Gasteiger partial charge on any atom is -0.493 e. The highest BCUT2D eigenvalue weighted by atomic mass is 16.5. The van der Waals surface area contributed by atoms with E-state index in [2.05, 4.69) is 20.5 Å². The molecule has 24 heavy (non-hydrogen) atoms. The van der Waals surface area contributed by atoms with Crippen LogP contribution in [0.2, 0.25) is 0 Å². The van der Waals surface area contributed by atoms with Crippen LogP contribution in [-0.4, -0.2) is 27.7 Å². The number of carbonyl (C=O) groups excluding carboxylic acids is 1. The molecule has 0 spiro atoms. The number of aromatic nitrogens is 3. The Bertz CT molecular complexity index is 775. The van der Waals surface area contributed by atoms with Gasteiger partial charge in [0.15, 0.2) is 0 Å². The third-order valence-electron chi connectivity index (χ3n) is 3.13. The topological polar surface area (TPSA) is 90.1 Å². The molecule has 0 unspecified atom stereocenters. The number of hydrogen-bond acceptors (Lipinski definition) is 6. The predicted molar refractivity (Wildman–Crippen MR) is 85.9 cm³/mol. The van der Waals surface area contributed by atoms with Crippen LogP contribution in [-0.2, 0) is 11.3 Å². The van der Waals surface area contributed by atoms with Crippen LogP contribution in [0, 0.1) is 0 Å². The molecule has 0 aliphatic heterocycles. The highest BCUT2D eigenvalue weighted by Gasteiger charge is 2.10. The Labute approximate surface area is 138 Å². The molecule has 0 bridgehead atoms. The Hall–Kier alpha value is -3.22. The van der Waals surface area contributed by atoms with Crippen molar-refractivity contribution in [2.24, 2.45) is 0 Å². The number of nitrogens with zero attached hydrogens (tertiary/aromatic N) is 3. The summed E-state index contributed by atoms with van der Waals surface area (Å²) in [6.45, 7) is 0.475. The summed E-state index contributed by atoms with van der Waals surface area (Å²) >= 11 is 0. The SMILES string of the molecule is O=C(CCOc1ccccc1)NCc1nnc(-c2ccccn2)o1. The van der Waals surface area contributed by atoms with Crippen LogP contribution in [0.4, 0.5) is 0 Å². The Morgan fingerprint density at radius 2 is 1.92 bits per heavy atom. The van der Waals surface area contributed by atoms with Crippen molar-refractivity contribution in [3.8, 4) is 17.3 Å². The van der Waals surface area contributed by atoms with Gasteiger partial charge in [-0.25, -0.2) is 0 Å². The van der Waals surface area contributed by atoms with Crippen LogP contribution in [0.5, 0.6) is 5.75 Å². The number of amides is 1. The maximum atomic E-state index is 11.8. The monoisotopic (exact) mass is 324 g/mol. The van der Waals surface area contributed by atoms with Crippen LogP contribution in [0.15, 0.2) is 59.1 Å². The van der Waals surface area contributed by atoms with Crippen LogP contribution in [0.1, 0.15) is 12.3 Å². The first-order valence-corrected chi connectivity index (χ1v) is 7.49. The van der Waals surface area contributed by atoms with E-state index in [9.17, 15) is 4.79 Å². The van der Waals surface area contributed by atoms with E-state index >= 15 is 0 Å². The predicted octanol–water partition coefficient (Wildman–Crippen LogP) is 2.22. The number of nitrogens with one attached hydrogen (secondary N) is 1. The molecule has 2 aromatic heterocycles. The number of pyridine rings is 1. The quantitative estimate of drug-likeness (QED) is 0.716. The summed E-state index contributed by atoms with van der Waals surface area (Å²) in [7, 11) is 0. The van der Waals surface area contributed by atoms with Crippen LogP contribution >= 0.6 is 0 Å². The van der Waals surface area contributed by atoms with E-state index in [0.29, 0.717) is 24.1 Å². The average Bonchev–Trinajstić information content (AvgIpc) is 3.11. The van der Waals surface area contributed by atoms with Crippen molar-refractivity contribution < 1.29 is 13.9 Å². The van der Waals surface area contributed by atoms with Crippen LogP contribution < -0.4 is 10.1 Å². The molecule has 0 aliphatic rings. The summed E-state index contributed by atoms with van der Waals surface area (Å²) in [5.74, 6) is 1.24. The molecule has 3 rings (SSSR count). The molecule has 122 valence electrons. The Morgan fingerprint density at radius 3 is 2.71 bits per heavy atom. The van der Waals surface area contributed by atoms with Gasteiger partial charge in [-0.05, 0) is 24.3 Å². The zero-order chi connectivity index (χ0) is 16.6. The molecular formula is C17H16N4O3. The average molecular weight is 324 g/mol. The van der Waals surface area contributed by atoms with Gasteiger partial charge in [-0.3, -0.25) is 9.78 Å². The van der Waals surface area contributed by atoms with E-state index in [1.807, 2.05) is 36.4 Å². The third-order valence-corrected chi connectivity index (χ3v) is 3.13. The van der Waals surface area contributed by atoms with E-state index in [0.717, 1.165) is 5.75 Å². The van der Waals surface area contributed by atoms with Crippen molar-refractivity contribution in [1.82, 2.24) is 20.5 Å². The highest BCUT2D eigenvalue weighted by Crippen LogP contribution is 2.14. The molecule has 2 heterocycles. The van der Waals surface area contributed by atoms with Crippen molar-refractivity contribution in [3.05, 3.63) is 60.6 Å². The fraction of sp³-hybridized carbons (Fsp3) is 0.176. The summed E-state index contributed by atoms with van der Waals surface area (Å²) in [5.41, 5.74) is 0.596. The van der Waals surface area contributed by atoms with Gasteiger partial charge in [0.25, 0.3) is 5.89 Å². The molecule has 7 nitrogen and oxygen atoms in total. The molecule has 0 atom stereocenters. The second kappa shape index (κ2) is 7.87. The van der Waals surface area contributed by atoms with Gasteiger partial charge in [0, 0.05) is 6.20 Å². The molecule has 1 N–H and O–H groups in total. The standard InChI is InChI=1S/C17H16N4O3/c22-15(9-11-23-13-6-2-1-3-7-13)19-12-16-20-21-17(24-16)14-8-4-5-10-18-14/h1-8,10H,9,11-12H2,(H,19,22). The summed E-state index contributed by atoms with van der Waals surface area (Å²) in [5, 5.41) is 10.5. The number of carbonyl (C=O) groups is 1. The van der Waals surface area contributed by atoms with Gasteiger partial charge in [0.05, 0.1) is 19.6 Å². The van der Waals surface area contributed by atoms with Gasteiger partial charge >= 0.3 is 0 Å². The molecule has 0 radical (unpaired) electrons. The molecule has 7 heteroatoms. The lowest BCUT2D eigenvalue weighted by molar-refractivity contribution is -0.121. The van der Waals surface area contributed by atoms with E-state index in [4.69, 9.17) is 9.15 Å². The lowest BCUT2D eigenvalue weighted by Crippen LogP contribution is -2.24. The van der Waals surface area contributed by atoms with Crippen LogP contribution in [0.25, 0.3) is 11.6 Å². The second-order valence-corrected chi connectivity index (χ2v) is 4.90. The lowest BCUT2D eigenvalue weighted by atomic mass is 10.3. The van der Waals surface area contributed by atoms with Crippen molar-refractivity contribution >= 4 is 5.91 Å². The van der Waals surface area contributed by atoms with E-state index in [1.165, 1.54) is 0 Å². The zero-order valence-corrected chi connectivity index (χ0v) is 12.9. The van der Waals surface area contributed by atoms with Gasteiger partial charge in [-0.2, -0.15) is 0 Å². The van der Waals surface area contributed by atoms with Gasteiger partial charge in [-0.15, -0.1) is 10.2 Å². The molecule has 0 saturated carbocycles. The minimum absolute atomic E-state index is 0.150. The Morgan fingerprint density at radius 1 is 1.08 bits per heavy atom. The van der Waals surface area contributed by atoms with Gasteiger partial charge < -0.3 is 14.5 Å². The van der Waals surface area contributed by atoms with E-state index in [-0.39, 0.29) is 18.9 Å². The maximum absolute atomic E-state index is 11.8. The van der Waals surface area contributed by atoms with Crippen molar-refractivity contribution in [2.75, 3.05) is 6.61 Å². The minimum atomic E-state index is -0.150. The molecule has 0 saturated heterocycles. The van der Waals surface area contributed by atoms with Crippen molar-refractivity contribution in [1.29, 1.82) is 0 Å². The molecular weight excluding hydrogens is 308 g/mol. The Kier molecular flexibility index (Phi) is 5.14. The maximum Gasteiger partial charge on any atom is 0.266 e. The first kappa shape index (κ1) is 15.7. The Balaban J connectivity index is 1.42. The number of rotatable bonds is 7. The third kappa shape index (κ3) is 4.39. The smallest absolute Gasteiger partial charge is 0.266 e. The first-order valence-electron chi connectivity index (χ1n) is 7.49. The zero-order valence-electron chi connectivity index (χ0n) is 12.9. The highest BCUT2D eigenvalue weighted by molar-refractivity contribution is 5.75. The number of benzene rings is 1. The van der Waals surface area contributed by atoms with Crippen molar-refractivity contribution in [3.63, 3.8) is 0 Å². The number of hydrogen-bond donors (Lipinski definition) is 1. The summed E-state index contributed by atoms with van der Waals surface area (Å²) < 4.78 is 10.9. The molecule has 1 aromatic carbocycles.